The first kappa shape index (κ1) is 13.7. The molecule has 0 unspecified atom stereocenters. The predicted octanol–water partition coefficient (Wildman–Crippen LogP) is 0.540. The normalized spacial score (nSPS) is 11.4. The van der Waals surface area contributed by atoms with Crippen LogP contribution in [0.4, 0.5) is 0 Å². The maximum atomic E-state index is 11.9. The summed E-state index contributed by atoms with van der Waals surface area (Å²) in [4.78, 5) is 0. The van der Waals surface area contributed by atoms with Crippen LogP contribution in [0.2, 0.25) is 0 Å². The minimum absolute atomic E-state index is 0.0456. The molecule has 1 rings (SSSR count). The highest BCUT2D eigenvalue weighted by Gasteiger charge is 2.17. The number of nitrogens with zero attached hydrogens (tertiary/aromatic N) is 1. The lowest BCUT2D eigenvalue weighted by molar-refractivity contribution is 0.502. The van der Waals surface area contributed by atoms with Crippen LogP contribution in [-0.4, -0.2) is 26.3 Å². The van der Waals surface area contributed by atoms with E-state index in [-0.39, 0.29) is 12.3 Å². The van der Waals surface area contributed by atoms with E-state index in [1.165, 1.54) is 11.4 Å². The summed E-state index contributed by atoms with van der Waals surface area (Å²) in [6.07, 6.45) is 5.09. The monoisotopic (exact) mass is 252 g/mol. The van der Waals surface area contributed by atoms with Crippen molar-refractivity contribution in [1.29, 1.82) is 0 Å². The third kappa shape index (κ3) is 3.86. The highest BCUT2D eigenvalue weighted by Crippen LogP contribution is 2.10. The van der Waals surface area contributed by atoms with E-state index in [0.29, 0.717) is 6.54 Å². The molecule has 0 fully saturated rings. The molecular weight excluding hydrogens is 236 g/mol. The number of hydrogen-bond donors (Lipinski definition) is 1. The largest absolute Gasteiger partial charge is 0.326 e. The van der Waals surface area contributed by atoms with Crippen molar-refractivity contribution in [2.75, 3.05) is 13.6 Å². The molecule has 2 N–H and O–H groups in total. The van der Waals surface area contributed by atoms with Crippen LogP contribution in [0.3, 0.4) is 0 Å². The maximum absolute atomic E-state index is 11.9. The molecule has 0 heterocycles. The fourth-order valence-corrected chi connectivity index (χ4v) is 2.42. The lowest BCUT2D eigenvalue weighted by Gasteiger charge is -2.14. The van der Waals surface area contributed by atoms with Crippen LogP contribution in [-0.2, 0) is 22.3 Å². The van der Waals surface area contributed by atoms with Gasteiger partial charge in [-0.1, -0.05) is 30.2 Å². The molecular formula is C12H16N2O2S. The number of nitrogens with two attached hydrogens (primary N) is 1. The third-order valence-electron chi connectivity index (χ3n) is 2.40. The van der Waals surface area contributed by atoms with Gasteiger partial charge in [-0.15, -0.1) is 6.42 Å². The lowest BCUT2D eigenvalue weighted by atomic mass is 10.1. The van der Waals surface area contributed by atoms with Crippen molar-refractivity contribution in [3.63, 3.8) is 0 Å². The summed E-state index contributed by atoms with van der Waals surface area (Å²) in [6.45, 7) is 0.535. The van der Waals surface area contributed by atoms with Crippen LogP contribution in [0.25, 0.3) is 0 Å². The second kappa shape index (κ2) is 5.82. The van der Waals surface area contributed by atoms with Crippen LogP contribution in [0.15, 0.2) is 24.3 Å². The summed E-state index contributed by atoms with van der Waals surface area (Å²) in [5.41, 5.74) is 7.17. The van der Waals surface area contributed by atoms with Crippen molar-refractivity contribution in [3.8, 4) is 12.3 Å². The average Bonchev–Trinajstić information content (AvgIpc) is 2.30. The van der Waals surface area contributed by atoms with Crippen LogP contribution in [0.5, 0.6) is 0 Å². The zero-order chi connectivity index (χ0) is 12.9. The van der Waals surface area contributed by atoms with Gasteiger partial charge in [-0.2, -0.15) is 4.31 Å². The fourth-order valence-electron chi connectivity index (χ4n) is 1.32. The summed E-state index contributed by atoms with van der Waals surface area (Å²) in [6, 6.07) is 7.19. The summed E-state index contributed by atoms with van der Waals surface area (Å²) in [5, 5.41) is 0. The van der Waals surface area contributed by atoms with Crippen molar-refractivity contribution in [1.82, 2.24) is 4.31 Å². The molecule has 0 aromatic heterocycles. The summed E-state index contributed by atoms with van der Waals surface area (Å²) >= 11 is 0. The molecule has 5 heteroatoms. The molecule has 0 saturated heterocycles. The standard InChI is InChI=1S/C12H16N2O2S/c1-3-8-14(2)17(15,16)10-12-6-4-11(9-13)5-7-12/h1,4-7H,8-10,13H2,2H3. The van der Waals surface area contributed by atoms with Gasteiger partial charge in [0.1, 0.15) is 0 Å². The Kier molecular flexibility index (Phi) is 4.70. The maximum Gasteiger partial charge on any atom is 0.218 e. The number of hydrogen-bond acceptors (Lipinski definition) is 3. The Balaban J connectivity index is 2.80. The first-order valence-corrected chi connectivity index (χ1v) is 6.76. The van der Waals surface area contributed by atoms with Gasteiger partial charge in [0.2, 0.25) is 10.0 Å². The average molecular weight is 252 g/mol. The van der Waals surface area contributed by atoms with E-state index in [4.69, 9.17) is 12.2 Å². The van der Waals surface area contributed by atoms with Crippen molar-refractivity contribution >= 4 is 10.0 Å². The molecule has 1 aromatic carbocycles. The number of terminal acetylenes is 1. The van der Waals surface area contributed by atoms with Gasteiger partial charge in [0, 0.05) is 13.6 Å². The van der Waals surface area contributed by atoms with Gasteiger partial charge in [-0.25, -0.2) is 8.42 Å². The molecule has 0 aliphatic rings. The van der Waals surface area contributed by atoms with Crippen LogP contribution >= 0.6 is 0 Å². The lowest BCUT2D eigenvalue weighted by Crippen LogP contribution is -2.28. The minimum atomic E-state index is -3.34. The Bertz CT molecular complexity index is 500. The van der Waals surface area contributed by atoms with E-state index in [1.54, 1.807) is 12.1 Å². The Morgan fingerprint density at radius 3 is 2.29 bits per heavy atom. The van der Waals surface area contributed by atoms with Gasteiger partial charge in [0.15, 0.2) is 0 Å². The SMILES string of the molecule is C#CCN(C)S(=O)(=O)Cc1ccc(CN)cc1. The summed E-state index contributed by atoms with van der Waals surface area (Å²) in [7, 11) is -1.86. The second-order valence-electron chi connectivity index (χ2n) is 3.74. The highest BCUT2D eigenvalue weighted by atomic mass is 32.2. The van der Waals surface area contributed by atoms with Gasteiger partial charge in [0.05, 0.1) is 12.3 Å². The van der Waals surface area contributed by atoms with E-state index >= 15 is 0 Å². The van der Waals surface area contributed by atoms with Crippen molar-refractivity contribution in [3.05, 3.63) is 35.4 Å². The van der Waals surface area contributed by atoms with Crippen molar-refractivity contribution in [2.24, 2.45) is 5.73 Å². The molecule has 17 heavy (non-hydrogen) atoms. The fraction of sp³-hybridized carbons (Fsp3) is 0.333. The van der Waals surface area contributed by atoms with E-state index in [0.717, 1.165) is 11.1 Å². The molecule has 0 aliphatic carbocycles. The quantitative estimate of drug-likeness (QED) is 0.778. The predicted molar refractivity (Wildman–Crippen MR) is 68.4 cm³/mol. The zero-order valence-electron chi connectivity index (χ0n) is 9.76. The van der Waals surface area contributed by atoms with Gasteiger partial charge in [-0.05, 0) is 11.1 Å². The third-order valence-corrected chi connectivity index (χ3v) is 4.17. The summed E-state index contributed by atoms with van der Waals surface area (Å²) < 4.78 is 24.9. The molecule has 92 valence electrons. The topological polar surface area (TPSA) is 63.4 Å². The molecule has 0 atom stereocenters. The van der Waals surface area contributed by atoms with E-state index in [2.05, 4.69) is 5.92 Å². The van der Waals surface area contributed by atoms with E-state index in [1.807, 2.05) is 12.1 Å². The van der Waals surface area contributed by atoms with Gasteiger partial charge in [-0.3, -0.25) is 0 Å². The summed E-state index contributed by atoms with van der Waals surface area (Å²) in [5.74, 6) is 2.26. The van der Waals surface area contributed by atoms with Crippen LogP contribution in [0.1, 0.15) is 11.1 Å². The molecule has 0 spiro atoms. The van der Waals surface area contributed by atoms with Crippen molar-refractivity contribution in [2.45, 2.75) is 12.3 Å². The molecule has 1 aromatic rings. The van der Waals surface area contributed by atoms with Gasteiger partial charge >= 0.3 is 0 Å². The molecule has 0 saturated carbocycles. The zero-order valence-corrected chi connectivity index (χ0v) is 10.6. The Morgan fingerprint density at radius 1 is 1.29 bits per heavy atom. The van der Waals surface area contributed by atoms with E-state index < -0.39 is 10.0 Å². The van der Waals surface area contributed by atoms with Crippen molar-refractivity contribution < 1.29 is 8.42 Å². The Labute approximate surface area is 102 Å². The second-order valence-corrected chi connectivity index (χ2v) is 5.81. The first-order valence-electron chi connectivity index (χ1n) is 5.15. The van der Waals surface area contributed by atoms with Crippen LogP contribution < -0.4 is 5.73 Å². The first-order chi connectivity index (χ1) is 7.99. The molecule has 4 nitrogen and oxygen atoms in total. The highest BCUT2D eigenvalue weighted by molar-refractivity contribution is 7.88. The number of rotatable bonds is 5. The smallest absolute Gasteiger partial charge is 0.218 e. The number of sulfonamides is 1. The van der Waals surface area contributed by atoms with Gasteiger partial charge in [0.25, 0.3) is 0 Å². The van der Waals surface area contributed by atoms with E-state index in [9.17, 15) is 8.42 Å². The molecule has 0 bridgehead atoms. The minimum Gasteiger partial charge on any atom is -0.326 e. The van der Waals surface area contributed by atoms with Gasteiger partial charge < -0.3 is 5.73 Å². The molecule has 0 amide bonds. The molecule has 0 aliphatic heterocycles. The van der Waals surface area contributed by atoms with Crippen LogP contribution in [0, 0.1) is 12.3 Å². The molecule has 0 radical (unpaired) electrons. The Morgan fingerprint density at radius 2 is 1.82 bits per heavy atom. The Hall–Kier alpha value is -1.35. The number of benzene rings is 1.